The molecule has 0 bridgehead atoms. The van der Waals surface area contributed by atoms with Crippen LogP contribution in [0.4, 0.5) is 0 Å². The van der Waals surface area contributed by atoms with Crippen molar-refractivity contribution in [3.63, 3.8) is 0 Å². The first kappa shape index (κ1) is 14.3. The number of carbonyl (C=O) groups is 1. The Bertz CT molecular complexity index is 477. The molecular formula is C14H19BrN2O2. The third-order valence-electron chi connectivity index (χ3n) is 3.21. The van der Waals surface area contributed by atoms with Crippen LogP contribution in [0, 0.1) is 0 Å². The van der Waals surface area contributed by atoms with Crippen LogP contribution in [0.15, 0.2) is 16.6 Å². The zero-order valence-electron chi connectivity index (χ0n) is 11.0. The minimum Gasteiger partial charge on any atom is -0.493 e. The summed E-state index contributed by atoms with van der Waals surface area (Å²) in [5, 5.41) is 2.88. The van der Waals surface area contributed by atoms with Crippen molar-refractivity contribution in [3.8, 4) is 5.75 Å². The number of hydrogen-bond acceptors (Lipinski definition) is 3. The fourth-order valence-corrected chi connectivity index (χ4v) is 2.79. The lowest BCUT2D eigenvalue weighted by Crippen LogP contribution is -2.40. The highest BCUT2D eigenvalue weighted by molar-refractivity contribution is 9.10. The van der Waals surface area contributed by atoms with Gasteiger partial charge in [-0.1, -0.05) is 29.3 Å². The first-order valence-electron chi connectivity index (χ1n) is 6.59. The summed E-state index contributed by atoms with van der Waals surface area (Å²) >= 11 is 3.48. The molecule has 5 heteroatoms. The van der Waals surface area contributed by atoms with Crippen LogP contribution in [0.25, 0.3) is 0 Å². The van der Waals surface area contributed by atoms with Crippen LogP contribution in [0.1, 0.15) is 30.9 Å². The van der Waals surface area contributed by atoms with Gasteiger partial charge < -0.3 is 15.8 Å². The standard InChI is InChI=1S/C14H19BrN2O2/c1-2-3-12(16)14(18)17-8-10-7-11(15)6-9-4-5-19-13(9)10/h6-7,12H,2-5,8,16H2,1H3,(H,17,18)/t12-/m0/s1. The topological polar surface area (TPSA) is 64.4 Å². The summed E-state index contributed by atoms with van der Waals surface area (Å²) in [4.78, 5) is 11.8. The highest BCUT2D eigenvalue weighted by Crippen LogP contribution is 2.32. The van der Waals surface area contributed by atoms with Gasteiger partial charge in [-0.2, -0.15) is 0 Å². The number of ether oxygens (including phenoxy) is 1. The van der Waals surface area contributed by atoms with E-state index in [2.05, 4.69) is 27.3 Å². The highest BCUT2D eigenvalue weighted by atomic mass is 79.9. The van der Waals surface area contributed by atoms with Gasteiger partial charge in [0.1, 0.15) is 5.75 Å². The Morgan fingerprint density at radius 1 is 1.58 bits per heavy atom. The molecule has 1 heterocycles. The van der Waals surface area contributed by atoms with Gasteiger partial charge in [0.2, 0.25) is 5.91 Å². The maximum absolute atomic E-state index is 11.8. The Morgan fingerprint density at radius 2 is 2.37 bits per heavy atom. The van der Waals surface area contributed by atoms with Gasteiger partial charge in [0.15, 0.2) is 0 Å². The predicted octanol–water partition coefficient (Wildman–Crippen LogP) is 2.13. The SMILES string of the molecule is CCC[C@H](N)C(=O)NCc1cc(Br)cc2c1OCC2. The van der Waals surface area contributed by atoms with Crippen molar-refractivity contribution < 1.29 is 9.53 Å². The van der Waals surface area contributed by atoms with Gasteiger partial charge >= 0.3 is 0 Å². The van der Waals surface area contributed by atoms with Crippen LogP contribution in [0.3, 0.4) is 0 Å². The second kappa shape index (κ2) is 6.39. The average molecular weight is 327 g/mol. The summed E-state index contributed by atoms with van der Waals surface area (Å²) in [6.07, 6.45) is 2.54. The zero-order valence-corrected chi connectivity index (χ0v) is 12.6. The van der Waals surface area contributed by atoms with E-state index in [-0.39, 0.29) is 5.91 Å². The van der Waals surface area contributed by atoms with Gasteiger partial charge in [-0.15, -0.1) is 0 Å². The summed E-state index contributed by atoms with van der Waals surface area (Å²) in [5.74, 6) is 0.807. The Balaban J connectivity index is 2.02. The lowest BCUT2D eigenvalue weighted by Gasteiger charge is -2.13. The van der Waals surface area contributed by atoms with Crippen LogP contribution in [0.5, 0.6) is 5.75 Å². The zero-order chi connectivity index (χ0) is 13.8. The Morgan fingerprint density at radius 3 is 3.11 bits per heavy atom. The molecule has 1 atom stereocenters. The largest absolute Gasteiger partial charge is 0.493 e. The second-order valence-corrected chi connectivity index (χ2v) is 5.68. The first-order chi connectivity index (χ1) is 9.11. The second-order valence-electron chi connectivity index (χ2n) is 4.76. The van der Waals surface area contributed by atoms with E-state index < -0.39 is 6.04 Å². The molecule has 0 aromatic heterocycles. The van der Waals surface area contributed by atoms with E-state index in [0.29, 0.717) is 19.6 Å². The van der Waals surface area contributed by atoms with Gasteiger partial charge in [-0.05, 0) is 24.1 Å². The van der Waals surface area contributed by atoms with E-state index in [1.165, 1.54) is 5.56 Å². The number of amides is 1. The number of rotatable bonds is 5. The van der Waals surface area contributed by atoms with Gasteiger partial charge in [0, 0.05) is 23.0 Å². The van der Waals surface area contributed by atoms with E-state index in [9.17, 15) is 4.79 Å². The third kappa shape index (κ3) is 3.48. The van der Waals surface area contributed by atoms with Gasteiger partial charge in [0.05, 0.1) is 12.6 Å². The van der Waals surface area contributed by atoms with Crippen LogP contribution >= 0.6 is 15.9 Å². The first-order valence-corrected chi connectivity index (χ1v) is 7.38. The summed E-state index contributed by atoms with van der Waals surface area (Å²) in [7, 11) is 0. The number of hydrogen-bond donors (Lipinski definition) is 2. The molecule has 0 fully saturated rings. The molecule has 1 aromatic carbocycles. The molecule has 0 saturated heterocycles. The van der Waals surface area contributed by atoms with Crippen molar-refractivity contribution in [2.24, 2.45) is 5.73 Å². The van der Waals surface area contributed by atoms with E-state index in [0.717, 1.165) is 28.6 Å². The molecular weight excluding hydrogens is 308 g/mol. The molecule has 0 radical (unpaired) electrons. The van der Waals surface area contributed by atoms with E-state index in [4.69, 9.17) is 10.5 Å². The average Bonchev–Trinajstić information content (AvgIpc) is 2.83. The summed E-state index contributed by atoms with van der Waals surface area (Å²) in [6, 6.07) is 3.62. The highest BCUT2D eigenvalue weighted by Gasteiger charge is 2.18. The Kier molecular flexibility index (Phi) is 4.82. The minimum atomic E-state index is -0.425. The number of fused-ring (bicyclic) bond motifs is 1. The van der Waals surface area contributed by atoms with Gasteiger partial charge in [-0.25, -0.2) is 0 Å². The van der Waals surface area contributed by atoms with Gasteiger partial charge in [-0.3, -0.25) is 4.79 Å². The van der Waals surface area contributed by atoms with Crippen LogP contribution < -0.4 is 15.8 Å². The Hall–Kier alpha value is -1.07. The van der Waals surface area contributed by atoms with Crippen LogP contribution in [-0.4, -0.2) is 18.6 Å². The van der Waals surface area contributed by atoms with Crippen molar-refractivity contribution in [1.29, 1.82) is 0 Å². The number of carbonyl (C=O) groups excluding carboxylic acids is 1. The van der Waals surface area contributed by atoms with Gasteiger partial charge in [0.25, 0.3) is 0 Å². The third-order valence-corrected chi connectivity index (χ3v) is 3.67. The van der Waals surface area contributed by atoms with Crippen molar-refractivity contribution in [3.05, 3.63) is 27.7 Å². The molecule has 0 saturated carbocycles. The quantitative estimate of drug-likeness (QED) is 0.871. The lowest BCUT2D eigenvalue weighted by molar-refractivity contribution is -0.122. The molecule has 0 unspecified atom stereocenters. The minimum absolute atomic E-state index is 0.103. The van der Waals surface area contributed by atoms with Crippen LogP contribution in [-0.2, 0) is 17.8 Å². The normalized spacial score (nSPS) is 14.7. The molecule has 1 aromatic rings. The monoisotopic (exact) mass is 326 g/mol. The fourth-order valence-electron chi connectivity index (χ4n) is 2.23. The molecule has 0 spiro atoms. The van der Waals surface area contributed by atoms with E-state index in [1.54, 1.807) is 0 Å². The lowest BCUT2D eigenvalue weighted by atomic mass is 10.1. The van der Waals surface area contributed by atoms with E-state index >= 15 is 0 Å². The predicted molar refractivity (Wildman–Crippen MR) is 78.1 cm³/mol. The molecule has 0 aliphatic carbocycles. The molecule has 1 amide bonds. The number of benzene rings is 1. The smallest absolute Gasteiger partial charge is 0.237 e. The van der Waals surface area contributed by atoms with Crippen LogP contribution in [0.2, 0.25) is 0 Å². The van der Waals surface area contributed by atoms with Crippen molar-refractivity contribution in [1.82, 2.24) is 5.32 Å². The van der Waals surface area contributed by atoms with Crippen molar-refractivity contribution in [2.45, 2.75) is 38.8 Å². The summed E-state index contributed by atoms with van der Waals surface area (Å²) < 4.78 is 6.63. The molecule has 4 nitrogen and oxygen atoms in total. The molecule has 104 valence electrons. The molecule has 19 heavy (non-hydrogen) atoms. The molecule has 1 aliphatic heterocycles. The van der Waals surface area contributed by atoms with Crippen molar-refractivity contribution in [2.75, 3.05) is 6.61 Å². The molecule has 1 aliphatic rings. The van der Waals surface area contributed by atoms with Crippen molar-refractivity contribution >= 4 is 21.8 Å². The summed E-state index contributed by atoms with van der Waals surface area (Å²) in [6.45, 7) is 3.18. The molecule has 2 rings (SSSR count). The number of nitrogens with two attached hydrogens (primary N) is 1. The maximum Gasteiger partial charge on any atom is 0.237 e. The fraction of sp³-hybridized carbons (Fsp3) is 0.500. The molecule has 3 N–H and O–H groups in total. The number of nitrogens with one attached hydrogen (secondary N) is 1. The number of halogens is 1. The summed E-state index contributed by atoms with van der Waals surface area (Å²) in [5.41, 5.74) is 7.97. The Labute approximate surface area is 121 Å². The van der Waals surface area contributed by atoms with E-state index in [1.807, 2.05) is 13.0 Å². The maximum atomic E-state index is 11.8.